The molecule has 0 fully saturated rings. The molecule has 3 aromatic rings. The molecule has 5 nitrogen and oxygen atoms in total. The average molecular weight is 357 g/mol. The van der Waals surface area contributed by atoms with Crippen LogP contribution in [-0.4, -0.2) is 37.5 Å². The summed E-state index contributed by atoms with van der Waals surface area (Å²) in [6.45, 7) is 1.59. The van der Waals surface area contributed by atoms with Gasteiger partial charge in [0.25, 0.3) is 11.8 Å². The van der Waals surface area contributed by atoms with Gasteiger partial charge in [-0.15, -0.1) is 0 Å². The average Bonchev–Trinajstić information content (AvgIpc) is 2.66. The summed E-state index contributed by atoms with van der Waals surface area (Å²) >= 11 is 0. The summed E-state index contributed by atoms with van der Waals surface area (Å²) in [6, 6.07) is 16.8. The fourth-order valence-corrected chi connectivity index (χ4v) is 4.36. The Morgan fingerprint density at radius 2 is 1.59 bits per heavy atom. The van der Waals surface area contributed by atoms with Crippen molar-refractivity contribution in [3.05, 3.63) is 71.3 Å². The van der Waals surface area contributed by atoms with Crippen LogP contribution in [-0.2, 0) is 6.54 Å². The molecule has 0 aliphatic carbocycles. The monoisotopic (exact) mass is 357 g/mol. The van der Waals surface area contributed by atoms with Gasteiger partial charge in [-0.1, -0.05) is 30.3 Å². The molecule has 0 atom stereocenters. The second-order valence-corrected chi connectivity index (χ2v) is 7.29. The van der Waals surface area contributed by atoms with E-state index in [9.17, 15) is 9.59 Å². The predicted octanol–water partition coefficient (Wildman–Crippen LogP) is 3.48. The Morgan fingerprint density at radius 3 is 2.37 bits per heavy atom. The van der Waals surface area contributed by atoms with Gasteiger partial charge < -0.3 is 4.90 Å². The van der Waals surface area contributed by atoms with Gasteiger partial charge in [0, 0.05) is 41.2 Å². The topological polar surface area (TPSA) is 43.9 Å². The minimum Gasteiger partial charge on any atom is -0.361 e. The minimum atomic E-state index is -0.264. The largest absolute Gasteiger partial charge is 0.361 e. The molecule has 0 aromatic heterocycles. The van der Waals surface area contributed by atoms with E-state index < -0.39 is 0 Å². The quantitative estimate of drug-likeness (QED) is 0.626. The van der Waals surface area contributed by atoms with Crippen LogP contribution in [0.4, 0.5) is 11.4 Å². The lowest BCUT2D eigenvalue weighted by Crippen LogP contribution is -2.42. The van der Waals surface area contributed by atoms with Gasteiger partial charge in [0.1, 0.15) is 0 Å². The summed E-state index contributed by atoms with van der Waals surface area (Å²) in [4.78, 5) is 32.2. The molecule has 2 amide bonds. The predicted molar refractivity (Wildman–Crippen MR) is 106 cm³/mol. The zero-order valence-corrected chi connectivity index (χ0v) is 15.3. The Hall–Kier alpha value is -3.18. The highest BCUT2D eigenvalue weighted by atomic mass is 16.2. The van der Waals surface area contributed by atoms with E-state index in [2.05, 4.69) is 16.8 Å². The highest BCUT2D eigenvalue weighted by Gasteiger charge is 2.36. The number of benzene rings is 3. The van der Waals surface area contributed by atoms with Crippen LogP contribution in [0.5, 0.6) is 0 Å². The van der Waals surface area contributed by atoms with Crippen LogP contribution >= 0.6 is 0 Å². The lowest BCUT2D eigenvalue weighted by molar-refractivity contribution is 0.0893. The van der Waals surface area contributed by atoms with Gasteiger partial charge in [0.05, 0.1) is 12.4 Å². The fraction of sp³-hybridized carbons (Fsp3) is 0.182. The number of imide groups is 1. The summed E-state index contributed by atoms with van der Waals surface area (Å²) in [5, 5.41) is 1.75. The van der Waals surface area contributed by atoms with Crippen LogP contribution in [0.15, 0.2) is 54.6 Å². The highest BCUT2D eigenvalue weighted by Crippen LogP contribution is 2.41. The molecule has 0 saturated carbocycles. The van der Waals surface area contributed by atoms with E-state index in [1.807, 2.05) is 49.5 Å². The van der Waals surface area contributed by atoms with E-state index in [0.29, 0.717) is 16.8 Å². The summed E-state index contributed by atoms with van der Waals surface area (Å²) in [7, 11) is 4.11. The number of anilines is 2. The number of hydrogen-bond acceptors (Lipinski definition) is 4. The normalized spacial score (nSPS) is 16.8. The maximum Gasteiger partial charge on any atom is 0.265 e. The Kier molecular flexibility index (Phi) is 3.36. The lowest BCUT2D eigenvalue weighted by atomic mass is 9.89. The number of fused-ring (bicyclic) bond motifs is 2. The van der Waals surface area contributed by atoms with Crippen LogP contribution in [0.1, 0.15) is 26.3 Å². The zero-order chi connectivity index (χ0) is 18.7. The first-order chi connectivity index (χ1) is 13.1. The number of hydrogen-bond donors (Lipinski definition) is 0. The molecule has 0 unspecified atom stereocenters. The number of para-hydroxylation sites is 1. The second-order valence-electron chi connectivity index (χ2n) is 7.29. The second kappa shape index (κ2) is 5.66. The van der Waals surface area contributed by atoms with Crippen molar-refractivity contribution in [1.82, 2.24) is 4.90 Å². The number of amides is 2. The van der Waals surface area contributed by atoms with Gasteiger partial charge in [-0.25, -0.2) is 4.90 Å². The van der Waals surface area contributed by atoms with Gasteiger partial charge in [-0.3, -0.25) is 14.5 Å². The van der Waals surface area contributed by atoms with Crippen LogP contribution in [0, 0.1) is 0 Å². The molecule has 3 aromatic carbocycles. The maximum absolute atomic E-state index is 13.3. The third-order valence-corrected chi connectivity index (χ3v) is 5.37. The van der Waals surface area contributed by atoms with Crippen molar-refractivity contribution in [2.75, 3.05) is 30.6 Å². The van der Waals surface area contributed by atoms with Crippen molar-refractivity contribution in [1.29, 1.82) is 0 Å². The third-order valence-electron chi connectivity index (χ3n) is 5.37. The highest BCUT2D eigenvalue weighted by molar-refractivity contribution is 6.36. The molecule has 0 radical (unpaired) electrons. The number of rotatable bonds is 1. The van der Waals surface area contributed by atoms with E-state index in [0.717, 1.165) is 35.2 Å². The van der Waals surface area contributed by atoms with Crippen LogP contribution < -0.4 is 9.80 Å². The first-order valence-corrected chi connectivity index (χ1v) is 8.98. The van der Waals surface area contributed by atoms with Crippen molar-refractivity contribution in [3.8, 4) is 0 Å². The molecule has 2 aliphatic rings. The van der Waals surface area contributed by atoms with Gasteiger partial charge >= 0.3 is 0 Å². The van der Waals surface area contributed by atoms with Gasteiger partial charge in [-0.05, 0) is 36.9 Å². The van der Waals surface area contributed by atoms with E-state index in [-0.39, 0.29) is 11.8 Å². The van der Waals surface area contributed by atoms with Crippen LogP contribution in [0.2, 0.25) is 0 Å². The minimum absolute atomic E-state index is 0.256. The van der Waals surface area contributed by atoms with Gasteiger partial charge in [-0.2, -0.15) is 0 Å². The molecule has 5 heteroatoms. The van der Waals surface area contributed by atoms with Crippen molar-refractivity contribution in [3.63, 3.8) is 0 Å². The van der Waals surface area contributed by atoms with Crippen molar-refractivity contribution in [2.24, 2.45) is 0 Å². The molecule has 0 N–H and O–H groups in total. The molecule has 134 valence electrons. The molecular weight excluding hydrogens is 338 g/mol. The van der Waals surface area contributed by atoms with Crippen LogP contribution in [0.25, 0.3) is 10.8 Å². The lowest BCUT2D eigenvalue weighted by Gasteiger charge is -2.37. The molecule has 0 bridgehead atoms. The molecule has 27 heavy (non-hydrogen) atoms. The van der Waals surface area contributed by atoms with Crippen molar-refractivity contribution >= 4 is 34.0 Å². The number of carbonyl (C=O) groups excluding carboxylic acids is 2. The Bertz CT molecular complexity index is 1110. The number of nitrogens with zero attached hydrogens (tertiary/aromatic N) is 3. The van der Waals surface area contributed by atoms with Crippen molar-refractivity contribution in [2.45, 2.75) is 6.54 Å². The Labute approximate surface area is 157 Å². The van der Waals surface area contributed by atoms with Gasteiger partial charge in [0.15, 0.2) is 0 Å². The van der Waals surface area contributed by atoms with Crippen molar-refractivity contribution < 1.29 is 9.59 Å². The van der Waals surface area contributed by atoms with Gasteiger partial charge in [0.2, 0.25) is 0 Å². The standard InChI is InChI=1S/C22H19N3O2/c1-23-12-14-11-18-19-16(20(14)24(2)13-23)9-6-10-17(19)21(26)25(22(18)27)15-7-4-3-5-8-15/h3-11H,12-13H2,1-2H3. The summed E-state index contributed by atoms with van der Waals surface area (Å²) in [6.07, 6.45) is 0. The van der Waals surface area contributed by atoms with E-state index in [4.69, 9.17) is 0 Å². The van der Waals surface area contributed by atoms with E-state index in [1.54, 1.807) is 12.1 Å². The zero-order valence-electron chi connectivity index (χ0n) is 15.3. The summed E-state index contributed by atoms with van der Waals surface area (Å²) in [5.74, 6) is -0.520. The molecule has 5 rings (SSSR count). The first kappa shape index (κ1) is 16.0. The molecule has 2 aliphatic heterocycles. The molecule has 2 heterocycles. The maximum atomic E-state index is 13.3. The van der Waals surface area contributed by atoms with Crippen LogP contribution in [0.3, 0.4) is 0 Å². The summed E-state index contributed by atoms with van der Waals surface area (Å²) in [5.41, 5.74) is 4.01. The molecule has 0 spiro atoms. The Morgan fingerprint density at radius 1 is 0.852 bits per heavy atom. The Balaban J connectivity index is 1.81. The third kappa shape index (κ3) is 2.22. The van der Waals surface area contributed by atoms with E-state index >= 15 is 0 Å². The summed E-state index contributed by atoms with van der Waals surface area (Å²) < 4.78 is 0. The smallest absolute Gasteiger partial charge is 0.265 e. The molecule has 0 saturated heterocycles. The SMILES string of the molecule is CN1Cc2cc3c4c(cccc4c2N(C)C1)C(=O)N(c1ccccc1)C3=O. The fourth-order valence-electron chi connectivity index (χ4n) is 4.36. The first-order valence-electron chi connectivity index (χ1n) is 8.98. The van der Waals surface area contributed by atoms with E-state index in [1.165, 1.54) is 4.90 Å². The number of carbonyl (C=O) groups is 2. The molecular formula is C22H19N3O2.